The SMILES string of the molecule is CC(=O)C(Br)c1cccc(Br)c1S. The lowest BCUT2D eigenvalue weighted by molar-refractivity contribution is -0.116. The molecule has 0 N–H and O–H groups in total. The van der Waals surface area contributed by atoms with Crippen LogP contribution in [-0.2, 0) is 4.79 Å². The molecule has 1 aromatic carbocycles. The van der Waals surface area contributed by atoms with Crippen LogP contribution >= 0.6 is 44.5 Å². The van der Waals surface area contributed by atoms with Gasteiger partial charge in [0.05, 0.1) is 4.83 Å². The van der Waals surface area contributed by atoms with Crippen LogP contribution in [0.15, 0.2) is 27.6 Å². The van der Waals surface area contributed by atoms with E-state index in [1.807, 2.05) is 18.2 Å². The Morgan fingerprint density at radius 3 is 2.69 bits per heavy atom. The molecular formula is C9H8Br2OS. The molecule has 1 unspecified atom stereocenters. The van der Waals surface area contributed by atoms with Gasteiger partial charge in [0.1, 0.15) is 5.78 Å². The number of halogens is 2. The number of ketones is 1. The summed E-state index contributed by atoms with van der Waals surface area (Å²) in [6, 6.07) is 5.66. The van der Waals surface area contributed by atoms with Crippen LogP contribution in [0.1, 0.15) is 17.3 Å². The van der Waals surface area contributed by atoms with Crippen molar-refractivity contribution in [3.05, 3.63) is 28.2 Å². The smallest absolute Gasteiger partial charge is 0.147 e. The number of Topliss-reactive ketones (excluding diaryl/α,β-unsaturated/α-hetero) is 1. The van der Waals surface area contributed by atoms with Gasteiger partial charge < -0.3 is 0 Å². The summed E-state index contributed by atoms with van der Waals surface area (Å²) in [5.74, 6) is 0.0772. The van der Waals surface area contributed by atoms with Gasteiger partial charge >= 0.3 is 0 Å². The second-order valence-corrected chi connectivity index (χ2v) is 4.87. The lowest BCUT2D eigenvalue weighted by Crippen LogP contribution is -2.01. The molecule has 0 aliphatic rings. The average molecular weight is 324 g/mol. The fourth-order valence-electron chi connectivity index (χ4n) is 0.956. The first kappa shape index (κ1) is 11.3. The maximum atomic E-state index is 11.1. The molecule has 1 aromatic rings. The topological polar surface area (TPSA) is 17.1 Å². The van der Waals surface area contributed by atoms with Gasteiger partial charge in [0, 0.05) is 9.37 Å². The van der Waals surface area contributed by atoms with Crippen molar-refractivity contribution in [2.75, 3.05) is 0 Å². The summed E-state index contributed by atoms with van der Waals surface area (Å²) in [7, 11) is 0. The zero-order valence-corrected chi connectivity index (χ0v) is 11.0. The van der Waals surface area contributed by atoms with E-state index in [9.17, 15) is 4.79 Å². The quantitative estimate of drug-likeness (QED) is 0.647. The van der Waals surface area contributed by atoms with E-state index in [1.165, 1.54) is 0 Å². The van der Waals surface area contributed by atoms with E-state index in [-0.39, 0.29) is 10.6 Å². The van der Waals surface area contributed by atoms with Gasteiger partial charge in [0.2, 0.25) is 0 Å². The van der Waals surface area contributed by atoms with Crippen molar-refractivity contribution < 1.29 is 4.79 Å². The van der Waals surface area contributed by atoms with Gasteiger partial charge in [-0.2, -0.15) is 0 Å². The standard InChI is InChI=1S/C9H8Br2OS/c1-5(12)8(11)6-3-2-4-7(10)9(6)13/h2-4,8,13H,1H3. The first-order valence-electron chi connectivity index (χ1n) is 3.66. The molecule has 1 nitrogen and oxygen atoms in total. The lowest BCUT2D eigenvalue weighted by Gasteiger charge is -2.10. The van der Waals surface area contributed by atoms with E-state index in [4.69, 9.17) is 0 Å². The van der Waals surface area contributed by atoms with E-state index >= 15 is 0 Å². The first-order chi connectivity index (χ1) is 6.04. The Labute approximate surface area is 99.6 Å². The highest BCUT2D eigenvalue weighted by atomic mass is 79.9. The maximum absolute atomic E-state index is 11.1. The molecule has 1 atom stereocenters. The molecular weight excluding hydrogens is 316 g/mol. The third-order valence-electron chi connectivity index (χ3n) is 1.65. The van der Waals surface area contributed by atoms with Crippen molar-refractivity contribution in [3.63, 3.8) is 0 Å². The molecule has 0 spiro atoms. The third kappa shape index (κ3) is 2.58. The van der Waals surface area contributed by atoms with E-state index in [0.717, 1.165) is 14.9 Å². The van der Waals surface area contributed by atoms with Gasteiger partial charge in [-0.05, 0) is 34.5 Å². The van der Waals surface area contributed by atoms with Gasteiger partial charge in [-0.3, -0.25) is 4.79 Å². The Balaban J connectivity index is 3.15. The molecule has 0 bridgehead atoms. The summed E-state index contributed by atoms with van der Waals surface area (Å²) in [6.07, 6.45) is 0. The number of carbonyl (C=O) groups excluding carboxylic acids is 1. The molecule has 4 heteroatoms. The Morgan fingerprint density at radius 2 is 2.15 bits per heavy atom. The van der Waals surface area contributed by atoms with Crippen LogP contribution in [0.5, 0.6) is 0 Å². The van der Waals surface area contributed by atoms with Gasteiger partial charge in [-0.15, -0.1) is 12.6 Å². The highest BCUT2D eigenvalue weighted by Gasteiger charge is 2.15. The van der Waals surface area contributed by atoms with E-state index < -0.39 is 0 Å². The van der Waals surface area contributed by atoms with Crippen LogP contribution in [0.2, 0.25) is 0 Å². The molecule has 0 saturated carbocycles. The number of hydrogen-bond donors (Lipinski definition) is 1. The number of alkyl halides is 1. The van der Waals surface area contributed by atoms with Crippen molar-refractivity contribution in [2.45, 2.75) is 16.6 Å². The van der Waals surface area contributed by atoms with Gasteiger partial charge in [0.15, 0.2) is 0 Å². The monoisotopic (exact) mass is 322 g/mol. The van der Waals surface area contributed by atoms with Crippen LogP contribution < -0.4 is 0 Å². The number of carbonyl (C=O) groups is 1. The fourth-order valence-corrected chi connectivity index (χ4v) is 2.17. The summed E-state index contributed by atoms with van der Waals surface area (Å²) in [5.41, 5.74) is 0.894. The Kier molecular flexibility index (Phi) is 4.01. The molecule has 0 heterocycles. The average Bonchev–Trinajstić information content (AvgIpc) is 2.08. The fraction of sp³-hybridized carbons (Fsp3) is 0.222. The number of rotatable bonds is 2. The molecule has 0 aliphatic heterocycles. The van der Waals surface area contributed by atoms with Crippen LogP contribution in [0.4, 0.5) is 0 Å². The van der Waals surface area contributed by atoms with Gasteiger partial charge in [-0.1, -0.05) is 28.1 Å². The summed E-state index contributed by atoms with van der Waals surface area (Å²) < 4.78 is 0.902. The second-order valence-electron chi connectivity index (χ2n) is 2.65. The predicted octanol–water partition coefficient (Wildman–Crippen LogP) is 3.76. The van der Waals surface area contributed by atoms with Crippen molar-refractivity contribution >= 4 is 50.3 Å². The molecule has 0 saturated heterocycles. The minimum atomic E-state index is -0.266. The van der Waals surface area contributed by atoms with Crippen molar-refractivity contribution in [1.82, 2.24) is 0 Å². The van der Waals surface area contributed by atoms with Crippen molar-refractivity contribution in [3.8, 4) is 0 Å². The predicted molar refractivity (Wildman–Crippen MR) is 63.7 cm³/mol. The van der Waals surface area contributed by atoms with Crippen LogP contribution in [0, 0.1) is 0 Å². The zero-order chi connectivity index (χ0) is 10.0. The molecule has 0 aliphatic carbocycles. The van der Waals surface area contributed by atoms with Crippen LogP contribution in [-0.4, -0.2) is 5.78 Å². The van der Waals surface area contributed by atoms with Gasteiger partial charge in [0.25, 0.3) is 0 Å². The van der Waals surface area contributed by atoms with Crippen LogP contribution in [0.25, 0.3) is 0 Å². The normalized spacial score (nSPS) is 12.6. The van der Waals surface area contributed by atoms with Crippen LogP contribution in [0.3, 0.4) is 0 Å². The highest BCUT2D eigenvalue weighted by Crippen LogP contribution is 2.33. The zero-order valence-electron chi connectivity index (χ0n) is 6.92. The van der Waals surface area contributed by atoms with E-state index in [1.54, 1.807) is 6.92 Å². The molecule has 70 valence electrons. The second kappa shape index (κ2) is 4.62. The third-order valence-corrected chi connectivity index (χ3v) is 4.25. The largest absolute Gasteiger partial charge is 0.298 e. The summed E-state index contributed by atoms with van der Waals surface area (Å²) in [4.78, 5) is 11.7. The summed E-state index contributed by atoms with van der Waals surface area (Å²) in [5, 5.41) is 0. The molecule has 0 amide bonds. The van der Waals surface area contributed by atoms with Crippen molar-refractivity contribution in [1.29, 1.82) is 0 Å². The Bertz CT molecular complexity index is 338. The number of hydrogen-bond acceptors (Lipinski definition) is 2. The van der Waals surface area contributed by atoms with Crippen molar-refractivity contribution in [2.24, 2.45) is 0 Å². The Morgan fingerprint density at radius 1 is 1.54 bits per heavy atom. The Hall–Kier alpha value is 0.200. The summed E-state index contributed by atoms with van der Waals surface area (Å²) >= 11 is 11.0. The van der Waals surface area contributed by atoms with E-state index in [0.29, 0.717) is 0 Å². The lowest BCUT2D eigenvalue weighted by atomic mass is 10.1. The molecule has 1 rings (SSSR count). The molecule has 0 radical (unpaired) electrons. The highest BCUT2D eigenvalue weighted by molar-refractivity contribution is 9.10. The number of benzene rings is 1. The van der Waals surface area contributed by atoms with E-state index in [2.05, 4.69) is 44.5 Å². The number of thiol groups is 1. The molecule has 0 fully saturated rings. The molecule has 0 aromatic heterocycles. The molecule has 13 heavy (non-hydrogen) atoms. The van der Waals surface area contributed by atoms with Gasteiger partial charge in [-0.25, -0.2) is 0 Å². The summed E-state index contributed by atoms with van der Waals surface area (Å²) in [6.45, 7) is 1.55. The minimum absolute atomic E-state index is 0.0772. The first-order valence-corrected chi connectivity index (χ1v) is 5.81. The minimum Gasteiger partial charge on any atom is -0.298 e. The maximum Gasteiger partial charge on any atom is 0.147 e.